The smallest absolute Gasteiger partial charge is 0.258 e. The minimum Gasteiger partial charge on any atom is -0.310 e. The van der Waals surface area contributed by atoms with E-state index in [4.69, 9.17) is 5.21 Å². The Morgan fingerprint density at radius 2 is 1.12 bits per heavy atom. The molecule has 0 bridgehead atoms. The maximum absolute atomic E-state index is 12.6. The lowest BCUT2D eigenvalue weighted by atomic mass is 9.77. The van der Waals surface area contributed by atoms with Gasteiger partial charge >= 0.3 is 0 Å². The molecule has 0 spiro atoms. The lowest BCUT2D eigenvalue weighted by molar-refractivity contribution is 0.451. The summed E-state index contributed by atoms with van der Waals surface area (Å²) in [6, 6.07) is 55.2. The topological polar surface area (TPSA) is 89.4 Å². The molecule has 8 rings (SSSR count). The molecule has 0 aliphatic heterocycles. The molecular formula is C41H30N6O. The third-order valence-electron chi connectivity index (χ3n) is 8.83. The number of fused-ring (bicyclic) bond motifs is 1. The molecule has 0 amide bonds. The van der Waals surface area contributed by atoms with Crippen LogP contribution in [0, 0.1) is 0 Å². The summed E-state index contributed by atoms with van der Waals surface area (Å²) in [7, 11) is 0. The van der Waals surface area contributed by atoms with Crippen molar-refractivity contribution in [2.24, 2.45) is 0 Å². The zero-order chi connectivity index (χ0) is 32.3. The Balaban J connectivity index is 1.24. The van der Waals surface area contributed by atoms with Crippen molar-refractivity contribution in [3.8, 4) is 22.5 Å². The van der Waals surface area contributed by atoms with Gasteiger partial charge in [0, 0.05) is 12.0 Å². The van der Waals surface area contributed by atoms with E-state index in [2.05, 4.69) is 129 Å². The van der Waals surface area contributed by atoms with Gasteiger partial charge in [-0.15, -0.1) is 5.10 Å². The number of tetrazole rings is 1. The van der Waals surface area contributed by atoms with Gasteiger partial charge in [-0.25, -0.2) is 9.67 Å². The van der Waals surface area contributed by atoms with Crippen molar-refractivity contribution in [2.45, 2.75) is 12.0 Å². The van der Waals surface area contributed by atoms with E-state index in [0.29, 0.717) is 29.0 Å². The highest BCUT2D eigenvalue weighted by Gasteiger charge is 2.42. The molecule has 7 heteroatoms. The third kappa shape index (κ3) is 5.08. The number of H-pyrrole nitrogens is 1. The van der Waals surface area contributed by atoms with Gasteiger partial charge in [0.15, 0.2) is 5.82 Å². The first kappa shape index (κ1) is 29.0. The number of aromatic amines is 1. The van der Waals surface area contributed by atoms with Gasteiger partial charge in [0.25, 0.3) is 5.56 Å². The minimum absolute atomic E-state index is 0.128. The summed E-state index contributed by atoms with van der Waals surface area (Å²) >= 11 is 0. The van der Waals surface area contributed by atoms with Crippen molar-refractivity contribution >= 4 is 10.9 Å². The SMILES string of the molecule is O=c1[nH]c(Cc2ccc(-c3ccccc3-c3nnnn3C(c3ccccc3)(c3ccccc3)c3ccccc3)cc2)nc2ccccc12. The first-order chi connectivity index (χ1) is 23.7. The lowest BCUT2D eigenvalue weighted by Gasteiger charge is -2.36. The number of aromatic nitrogens is 6. The molecule has 230 valence electrons. The second-order valence-electron chi connectivity index (χ2n) is 11.7. The van der Waals surface area contributed by atoms with Gasteiger partial charge in [0.05, 0.1) is 10.9 Å². The van der Waals surface area contributed by atoms with Crippen LogP contribution in [0.3, 0.4) is 0 Å². The summed E-state index contributed by atoms with van der Waals surface area (Å²) < 4.78 is 1.96. The molecule has 0 radical (unpaired) electrons. The number of rotatable bonds is 8. The van der Waals surface area contributed by atoms with E-state index in [-0.39, 0.29) is 5.56 Å². The number of para-hydroxylation sites is 1. The standard InChI is InChI=1S/C41H30N6O/c48-40-36-22-12-13-23-37(36)42-38(43-40)28-29-24-26-30(27-25-29)34-20-10-11-21-35(34)39-44-45-46-47(39)41(31-14-4-1-5-15-31,32-16-6-2-7-17-32)33-18-8-3-9-19-33/h1-27H,28H2,(H,42,43,48). The lowest BCUT2D eigenvalue weighted by Crippen LogP contribution is -2.39. The largest absolute Gasteiger partial charge is 0.310 e. The molecule has 0 atom stereocenters. The van der Waals surface area contributed by atoms with Crippen LogP contribution in [-0.2, 0) is 12.0 Å². The highest BCUT2D eigenvalue weighted by molar-refractivity contribution is 5.81. The summed E-state index contributed by atoms with van der Waals surface area (Å²) in [5.41, 5.74) is 6.79. The average molecular weight is 623 g/mol. The Labute approximate surface area is 277 Å². The van der Waals surface area contributed by atoms with Gasteiger partial charge in [-0.05, 0) is 55.9 Å². The highest BCUT2D eigenvalue weighted by atomic mass is 16.1. The number of benzene rings is 6. The molecule has 0 unspecified atom stereocenters. The third-order valence-corrected chi connectivity index (χ3v) is 8.83. The monoisotopic (exact) mass is 622 g/mol. The van der Waals surface area contributed by atoms with Gasteiger partial charge in [0.1, 0.15) is 11.4 Å². The van der Waals surface area contributed by atoms with Gasteiger partial charge in [-0.1, -0.05) is 152 Å². The molecule has 6 aromatic carbocycles. The average Bonchev–Trinajstić information content (AvgIpc) is 3.64. The van der Waals surface area contributed by atoms with Gasteiger partial charge in [-0.3, -0.25) is 4.79 Å². The molecule has 0 aliphatic carbocycles. The minimum atomic E-state index is -0.858. The molecule has 0 aliphatic rings. The highest BCUT2D eigenvalue weighted by Crippen LogP contribution is 2.43. The van der Waals surface area contributed by atoms with E-state index in [0.717, 1.165) is 38.9 Å². The molecule has 8 aromatic rings. The number of hydrogen-bond donors (Lipinski definition) is 1. The molecule has 7 nitrogen and oxygen atoms in total. The van der Waals surface area contributed by atoms with Crippen LogP contribution in [0.25, 0.3) is 33.4 Å². The van der Waals surface area contributed by atoms with Crippen LogP contribution in [-0.4, -0.2) is 30.2 Å². The van der Waals surface area contributed by atoms with Crippen LogP contribution in [0.5, 0.6) is 0 Å². The molecule has 2 heterocycles. The Bertz CT molecular complexity index is 2290. The molecule has 0 saturated heterocycles. The van der Waals surface area contributed by atoms with Crippen molar-refractivity contribution < 1.29 is 0 Å². The van der Waals surface area contributed by atoms with Gasteiger partial charge in [0.2, 0.25) is 0 Å². The van der Waals surface area contributed by atoms with Crippen LogP contribution >= 0.6 is 0 Å². The number of nitrogens with zero attached hydrogens (tertiary/aromatic N) is 5. The predicted octanol–water partition coefficient (Wildman–Crippen LogP) is 7.67. The second-order valence-corrected chi connectivity index (χ2v) is 11.7. The van der Waals surface area contributed by atoms with Crippen molar-refractivity contribution in [1.82, 2.24) is 30.2 Å². The number of nitrogens with one attached hydrogen (secondary N) is 1. The fourth-order valence-corrected chi connectivity index (χ4v) is 6.63. The quantitative estimate of drug-likeness (QED) is 0.176. The normalized spacial score (nSPS) is 11.5. The Morgan fingerprint density at radius 3 is 1.75 bits per heavy atom. The molecule has 48 heavy (non-hydrogen) atoms. The Hall–Kier alpha value is -6.47. The van der Waals surface area contributed by atoms with E-state index < -0.39 is 5.54 Å². The maximum atomic E-state index is 12.6. The summed E-state index contributed by atoms with van der Waals surface area (Å²) in [6.07, 6.45) is 0.508. The maximum Gasteiger partial charge on any atom is 0.258 e. The van der Waals surface area contributed by atoms with Crippen LogP contribution in [0.2, 0.25) is 0 Å². The van der Waals surface area contributed by atoms with E-state index in [9.17, 15) is 4.79 Å². The molecule has 0 fully saturated rings. The summed E-state index contributed by atoms with van der Waals surface area (Å²) in [6.45, 7) is 0. The van der Waals surface area contributed by atoms with Crippen LogP contribution in [0.15, 0.2) is 169 Å². The molecule has 2 aromatic heterocycles. The van der Waals surface area contributed by atoms with Crippen molar-refractivity contribution in [2.75, 3.05) is 0 Å². The van der Waals surface area contributed by atoms with Crippen molar-refractivity contribution in [1.29, 1.82) is 0 Å². The fraction of sp³-hybridized carbons (Fsp3) is 0.0488. The molecule has 1 N–H and O–H groups in total. The zero-order valence-corrected chi connectivity index (χ0v) is 25.9. The van der Waals surface area contributed by atoms with E-state index in [1.165, 1.54) is 0 Å². The van der Waals surface area contributed by atoms with Gasteiger partial charge < -0.3 is 4.98 Å². The van der Waals surface area contributed by atoms with E-state index >= 15 is 0 Å². The van der Waals surface area contributed by atoms with E-state index in [1.54, 1.807) is 6.07 Å². The Kier molecular flexibility index (Phi) is 7.47. The molecular weight excluding hydrogens is 592 g/mol. The zero-order valence-electron chi connectivity index (χ0n) is 25.9. The van der Waals surface area contributed by atoms with Crippen LogP contribution in [0.1, 0.15) is 28.1 Å². The van der Waals surface area contributed by atoms with Crippen LogP contribution < -0.4 is 5.56 Å². The van der Waals surface area contributed by atoms with Crippen molar-refractivity contribution in [3.63, 3.8) is 0 Å². The first-order valence-electron chi connectivity index (χ1n) is 15.8. The van der Waals surface area contributed by atoms with Crippen molar-refractivity contribution in [3.05, 3.63) is 202 Å². The summed E-state index contributed by atoms with van der Waals surface area (Å²) in [4.78, 5) is 20.3. The fourth-order valence-electron chi connectivity index (χ4n) is 6.63. The predicted molar refractivity (Wildman–Crippen MR) is 188 cm³/mol. The van der Waals surface area contributed by atoms with Crippen LogP contribution in [0.4, 0.5) is 0 Å². The second kappa shape index (κ2) is 12.4. The van der Waals surface area contributed by atoms with E-state index in [1.807, 2.05) is 53.2 Å². The summed E-state index contributed by atoms with van der Waals surface area (Å²) in [5.74, 6) is 1.27. The van der Waals surface area contributed by atoms with Gasteiger partial charge in [-0.2, -0.15) is 0 Å². The summed E-state index contributed by atoms with van der Waals surface area (Å²) in [5, 5.41) is 14.3. The Morgan fingerprint density at radius 1 is 0.583 bits per heavy atom. The molecule has 0 saturated carbocycles. The first-order valence-corrected chi connectivity index (χ1v) is 15.8. The number of hydrogen-bond acceptors (Lipinski definition) is 5.